The topological polar surface area (TPSA) is 81.8 Å². The summed E-state index contributed by atoms with van der Waals surface area (Å²) in [5.41, 5.74) is 0.482. The van der Waals surface area contributed by atoms with Crippen molar-refractivity contribution in [2.75, 3.05) is 26.2 Å². The highest BCUT2D eigenvalue weighted by atomic mass is 19.4. The number of amides is 1. The maximum Gasteiger partial charge on any atom is 0.416 e. The number of hydrogen-bond acceptors (Lipinski definition) is 5. The minimum atomic E-state index is -4.35. The van der Waals surface area contributed by atoms with Crippen molar-refractivity contribution >= 4 is 6.03 Å². The highest BCUT2D eigenvalue weighted by Gasteiger charge is 2.42. The first-order chi connectivity index (χ1) is 15.1. The van der Waals surface area contributed by atoms with E-state index in [-0.39, 0.29) is 22.7 Å². The number of benzene rings is 1. The average molecular weight is 452 g/mol. The van der Waals surface area contributed by atoms with Gasteiger partial charge in [0.05, 0.1) is 5.56 Å². The third-order valence-corrected chi connectivity index (χ3v) is 6.83. The molecule has 2 aliphatic rings. The van der Waals surface area contributed by atoms with Crippen LogP contribution < -0.4 is 0 Å². The molecule has 174 valence electrons. The molecule has 0 bridgehead atoms. The maximum atomic E-state index is 13.2. The van der Waals surface area contributed by atoms with Gasteiger partial charge >= 0.3 is 12.2 Å². The molecular weight excluding hydrogens is 425 g/mol. The number of rotatable bonds is 3. The average Bonchev–Trinajstić information content (AvgIpc) is 3.37. The highest BCUT2D eigenvalue weighted by Crippen LogP contribution is 2.41. The smallest absolute Gasteiger partial charge is 0.363 e. The first-order valence-corrected chi connectivity index (χ1v) is 10.7. The molecular formula is C22H27F3N4O3. The Kier molecular flexibility index (Phi) is 6.04. The predicted octanol–water partition coefficient (Wildman–Crippen LogP) is 3.15. The molecule has 2 aromatic rings. The van der Waals surface area contributed by atoms with E-state index in [2.05, 4.69) is 10.00 Å². The van der Waals surface area contributed by atoms with E-state index in [1.54, 1.807) is 11.0 Å². The Morgan fingerprint density at radius 2 is 1.84 bits per heavy atom. The van der Waals surface area contributed by atoms with E-state index < -0.39 is 18.0 Å². The van der Waals surface area contributed by atoms with E-state index in [0.29, 0.717) is 25.2 Å². The lowest BCUT2D eigenvalue weighted by atomic mass is 9.78. The van der Waals surface area contributed by atoms with Crippen LogP contribution in [0.4, 0.5) is 18.0 Å². The van der Waals surface area contributed by atoms with Gasteiger partial charge in [-0.15, -0.1) is 0 Å². The Labute approximate surface area is 184 Å². The van der Waals surface area contributed by atoms with Crippen LogP contribution in [0.1, 0.15) is 47.9 Å². The summed E-state index contributed by atoms with van der Waals surface area (Å²) in [6, 6.07) is 5.44. The molecule has 0 unspecified atom stereocenters. The second-order valence-corrected chi connectivity index (χ2v) is 8.88. The van der Waals surface area contributed by atoms with Crippen molar-refractivity contribution in [2.45, 2.75) is 45.2 Å². The summed E-state index contributed by atoms with van der Waals surface area (Å²) in [5, 5.41) is 22.2. The highest BCUT2D eigenvalue weighted by molar-refractivity contribution is 5.76. The van der Waals surface area contributed by atoms with E-state index in [4.69, 9.17) is 10.2 Å². The molecule has 1 amide bonds. The Balaban J connectivity index is 1.36. The van der Waals surface area contributed by atoms with Crippen LogP contribution in [0.2, 0.25) is 0 Å². The van der Waals surface area contributed by atoms with Crippen LogP contribution in [0, 0.1) is 12.3 Å². The second-order valence-electron chi connectivity index (χ2n) is 8.88. The number of nitrogens with zero attached hydrogens (tertiary/aromatic N) is 4. The van der Waals surface area contributed by atoms with Gasteiger partial charge in [-0.25, -0.2) is 4.79 Å². The van der Waals surface area contributed by atoms with Gasteiger partial charge in [-0.2, -0.15) is 23.0 Å². The Bertz CT molecular complexity index is 981. The number of hydrogen-bond donors (Lipinski definition) is 2. The summed E-state index contributed by atoms with van der Waals surface area (Å²) in [6.07, 6.45) is -2.08. The zero-order valence-corrected chi connectivity index (χ0v) is 17.8. The summed E-state index contributed by atoms with van der Waals surface area (Å²) < 4.78 is 40.8. The monoisotopic (exact) mass is 452 g/mol. The van der Waals surface area contributed by atoms with Crippen molar-refractivity contribution in [3.05, 3.63) is 52.8 Å². The van der Waals surface area contributed by atoms with Gasteiger partial charge in [0.2, 0.25) is 0 Å². The number of aliphatic hydroxyl groups excluding tert-OH is 1. The summed E-state index contributed by atoms with van der Waals surface area (Å²) in [6.45, 7) is 4.76. The third-order valence-electron chi connectivity index (χ3n) is 6.83. The molecule has 10 heteroatoms. The molecule has 1 aromatic carbocycles. The number of aliphatic hydroxyl groups is 2. The zero-order chi connectivity index (χ0) is 23.1. The molecule has 0 radical (unpaired) electrons. The Morgan fingerprint density at radius 1 is 1.16 bits per heavy atom. The van der Waals surface area contributed by atoms with E-state index >= 15 is 0 Å². The fraction of sp³-hybridized carbons (Fsp3) is 0.545. The van der Waals surface area contributed by atoms with Gasteiger partial charge in [0.15, 0.2) is 6.29 Å². The summed E-state index contributed by atoms with van der Waals surface area (Å²) in [5.74, 6) is 0. The van der Waals surface area contributed by atoms with Gasteiger partial charge in [-0.05, 0) is 61.4 Å². The van der Waals surface area contributed by atoms with Crippen LogP contribution in [0.15, 0.2) is 30.5 Å². The molecule has 1 spiro atoms. The van der Waals surface area contributed by atoms with E-state index in [9.17, 15) is 18.0 Å². The fourth-order valence-electron chi connectivity index (χ4n) is 4.87. The van der Waals surface area contributed by atoms with Gasteiger partial charge in [0.25, 0.3) is 0 Å². The summed E-state index contributed by atoms with van der Waals surface area (Å²) >= 11 is 0. The lowest BCUT2D eigenvalue weighted by Gasteiger charge is -2.39. The molecule has 32 heavy (non-hydrogen) atoms. The van der Waals surface area contributed by atoms with Crippen molar-refractivity contribution in [1.29, 1.82) is 0 Å². The number of carbonyl (C=O) groups is 1. The van der Waals surface area contributed by atoms with E-state index in [1.807, 2.05) is 0 Å². The number of carbonyl (C=O) groups excluding carboxylic acids is 1. The summed E-state index contributed by atoms with van der Waals surface area (Å²) in [4.78, 5) is 16.6. The molecule has 0 aliphatic carbocycles. The van der Waals surface area contributed by atoms with Gasteiger partial charge < -0.3 is 15.1 Å². The van der Waals surface area contributed by atoms with Gasteiger partial charge in [0, 0.05) is 32.4 Å². The molecule has 7 nitrogen and oxygen atoms in total. The SMILES string of the molecule is Cc1c(CN2CCC3(CCN(C(=O)n4ccc(C(O)O)n4)CC3)C2)cccc1C(F)(F)F. The largest absolute Gasteiger partial charge is 0.416 e. The molecule has 2 fully saturated rings. The van der Waals surface area contributed by atoms with E-state index in [1.165, 1.54) is 25.3 Å². The van der Waals surface area contributed by atoms with Crippen LogP contribution in [-0.4, -0.2) is 62.0 Å². The predicted molar refractivity (Wildman–Crippen MR) is 110 cm³/mol. The number of likely N-dealkylation sites (tertiary alicyclic amines) is 2. The Morgan fingerprint density at radius 3 is 2.47 bits per heavy atom. The van der Waals surface area contributed by atoms with Crippen LogP contribution in [-0.2, 0) is 12.7 Å². The number of aromatic nitrogens is 2. The zero-order valence-electron chi connectivity index (χ0n) is 17.8. The van der Waals surface area contributed by atoms with Gasteiger partial charge in [-0.1, -0.05) is 12.1 Å². The molecule has 4 rings (SSSR count). The van der Waals surface area contributed by atoms with Crippen molar-refractivity contribution in [1.82, 2.24) is 19.6 Å². The third kappa shape index (κ3) is 4.53. The van der Waals surface area contributed by atoms with Crippen LogP contribution >= 0.6 is 0 Å². The number of halogens is 3. The van der Waals surface area contributed by atoms with Crippen LogP contribution in [0.25, 0.3) is 0 Å². The molecule has 2 aliphatic heterocycles. The van der Waals surface area contributed by atoms with Crippen molar-refractivity contribution in [3.8, 4) is 0 Å². The van der Waals surface area contributed by atoms with E-state index in [0.717, 1.165) is 43.1 Å². The minimum absolute atomic E-state index is 0.0168. The lowest BCUT2D eigenvalue weighted by molar-refractivity contribution is -0.138. The second kappa shape index (κ2) is 8.49. The lowest BCUT2D eigenvalue weighted by Crippen LogP contribution is -2.45. The fourth-order valence-corrected chi connectivity index (χ4v) is 4.87. The van der Waals surface area contributed by atoms with Crippen LogP contribution in [0.5, 0.6) is 0 Å². The number of alkyl halides is 3. The molecule has 0 atom stereocenters. The first-order valence-electron chi connectivity index (χ1n) is 10.7. The minimum Gasteiger partial charge on any atom is -0.363 e. The van der Waals surface area contributed by atoms with Crippen molar-refractivity contribution < 1.29 is 28.2 Å². The molecule has 1 aromatic heterocycles. The Hall–Kier alpha value is -2.43. The van der Waals surface area contributed by atoms with Crippen LogP contribution in [0.3, 0.4) is 0 Å². The normalized spacial score (nSPS) is 19.3. The summed E-state index contributed by atoms with van der Waals surface area (Å²) in [7, 11) is 0. The van der Waals surface area contributed by atoms with Gasteiger partial charge in [0.1, 0.15) is 5.69 Å². The van der Waals surface area contributed by atoms with Crippen molar-refractivity contribution in [2.24, 2.45) is 5.41 Å². The molecule has 2 N–H and O–H groups in total. The molecule has 3 heterocycles. The standard InChI is InChI=1S/C22H27F3N4O3/c1-15-16(3-2-4-17(15)22(23,24)25)13-27-10-6-21(14-27)7-11-28(12-8-21)20(32)29-9-5-18(26-29)19(30)31/h2-5,9,19,30-31H,6-8,10-14H2,1H3. The van der Waals surface area contributed by atoms with Crippen molar-refractivity contribution in [3.63, 3.8) is 0 Å². The quantitative estimate of drug-likeness (QED) is 0.700. The first kappa shape index (κ1) is 22.8. The molecule has 2 saturated heterocycles. The number of piperidine rings is 1. The molecule has 0 saturated carbocycles. The van der Waals surface area contributed by atoms with Gasteiger partial charge in [-0.3, -0.25) is 4.90 Å². The maximum absolute atomic E-state index is 13.2.